The zero-order chi connectivity index (χ0) is 13.0. The van der Waals surface area contributed by atoms with E-state index in [2.05, 4.69) is 37.5 Å². The van der Waals surface area contributed by atoms with Gasteiger partial charge >= 0.3 is 0 Å². The average molecular weight is 250 g/mol. The van der Waals surface area contributed by atoms with Crippen LogP contribution in [0.3, 0.4) is 0 Å². The molecule has 1 unspecified atom stereocenters. The van der Waals surface area contributed by atoms with Crippen LogP contribution in [0.1, 0.15) is 13.3 Å². The number of aliphatic hydroxyl groups is 1. The summed E-state index contributed by atoms with van der Waals surface area (Å²) < 4.78 is 0. The number of H-pyrrole nitrogens is 1. The molecule has 0 aliphatic carbocycles. The Kier molecular flexibility index (Phi) is 3.93. The van der Waals surface area contributed by atoms with Gasteiger partial charge in [-0.2, -0.15) is 9.97 Å². The van der Waals surface area contributed by atoms with E-state index in [1.807, 2.05) is 0 Å². The molecule has 0 aliphatic rings. The maximum absolute atomic E-state index is 8.88. The van der Waals surface area contributed by atoms with E-state index in [1.54, 1.807) is 13.4 Å². The highest BCUT2D eigenvalue weighted by atomic mass is 16.3. The van der Waals surface area contributed by atoms with Crippen molar-refractivity contribution in [3.63, 3.8) is 0 Å². The van der Waals surface area contributed by atoms with E-state index >= 15 is 0 Å². The molecular formula is C11H18N6O. The van der Waals surface area contributed by atoms with Crippen molar-refractivity contribution in [2.75, 3.05) is 30.8 Å². The van der Waals surface area contributed by atoms with Crippen LogP contribution in [0, 0.1) is 5.92 Å². The lowest BCUT2D eigenvalue weighted by molar-refractivity contribution is 0.266. The fourth-order valence-corrected chi connectivity index (χ4v) is 1.67. The SMILES string of the molecule is CNc1nc(NCC(C)CCO)c2[nH]cnc2n1. The second-order valence-corrected chi connectivity index (χ2v) is 4.25. The first-order valence-corrected chi connectivity index (χ1v) is 5.98. The molecule has 2 rings (SSSR count). The molecule has 98 valence electrons. The van der Waals surface area contributed by atoms with Crippen molar-refractivity contribution in [1.82, 2.24) is 19.9 Å². The maximum Gasteiger partial charge on any atom is 0.226 e. The topological polar surface area (TPSA) is 98.8 Å². The van der Waals surface area contributed by atoms with Crippen molar-refractivity contribution >= 4 is 22.9 Å². The molecule has 2 heterocycles. The summed E-state index contributed by atoms with van der Waals surface area (Å²) in [6.45, 7) is 3.02. The number of rotatable bonds is 6. The Morgan fingerprint density at radius 1 is 1.44 bits per heavy atom. The highest BCUT2D eigenvalue weighted by Gasteiger charge is 2.10. The smallest absolute Gasteiger partial charge is 0.226 e. The number of aromatic nitrogens is 4. The van der Waals surface area contributed by atoms with E-state index in [-0.39, 0.29) is 6.61 Å². The van der Waals surface area contributed by atoms with Crippen molar-refractivity contribution in [3.8, 4) is 0 Å². The summed E-state index contributed by atoms with van der Waals surface area (Å²) in [6.07, 6.45) is 2.37. The van der Waals surface area contributed by atoms with E-state index in [0.717, 1.165) is 24.3 Å². The van der Waals surface area contributed by atoms with Gasteiger partial charge in [-0.25, -0.2) is 4.98 Å². The molecule has 0 bridgehead atoms. The predicted octanol–water partition coefficient (Wildman–Crippen LogP) is 0.825. The number of hydrogen-bond donors (Lipinski definition) is 4. The van der Waals surface area contributed by atoms with Crippen LogP contribution >= 0.6 is 0 Å². The molecule has 0 amide bonds. The molecule has 0 saturated heterocycles. The van der Waals surface area contributed by atoms with Crippen molar-refractivity contribution in [2.24, 2.45) is 5.92 Å². The van der Waals surface area contributed by atoms with Crippen LogP contribution in [0.5, 0.6) is 0 Å². The lowest BCUT2D eigenvalue weighted by Crippen LogP contribution is -2.14. The van der Waals surface area contributed by atoms with Gasteiger partial charge in [-0.3, -0.25) is 0 Å². The van der Waals surface area contributed by atoms with Gasteiger partial charge in [0.1, 0.15) is 5.52 Å². The average Bonchev–Trinajstić information content (AvgIpc) is 2.84. The third-order valence-corrected chi connectivity index (χ3v) is 2.75. The minimum atomic E-state index is 0.202. The standard InChI is InChI=1S/C11H18N6O/c1-7(3-4-18)5-13-9-8-10(15-6-14-8)17-11(12-2)16-9/h6-7,18H,3-5H2,1-2H3,(H3,12,13,14,15,16,17). The lowest BCUT2D eigenvalue weighted by Gasteiger charge is -2.12. The second-order valence-electron chi connectivity index (χ2n) is 4.25. The summed E-state index contributed by atoms with van der Waals surface area (Å²) in [5.74, 6) is 1.64. The Bertz CT molecular complexity index is 511. The summed E-state index contributed by atoms with van der Waals surface area (Å²) in [5, 5.41) is 15.0. The van der Waals surface area contributed by atoms with E-state index in [1.165, 1.54) is 0 Å². The van der Waals surface area contributed by atoms with E-state index in [4.69, 9.17) is 5.11 Å². The minimum Gasteiger partial charge on any atom is -0.396 e. The molecule has 1 atom stereocenters. The molecule has 2 aromatic heterocycles. The Labute approximate surface area is 105 Å². The van der Waals surface area contributed by atoms with Crippen LogP contribution in [0.25, 0.3) is 11.2 Å². The zero-order valence-electron chi connectivity index (χ0n) is 10.6. The van der Waals surface area contributed by atoms with Gasteiger partial charge in [-0.05, 0) is 12.3 Å². The van der Waals surface area contributed by atoms with Crippen LogP contribution in [-0.4, -0.2) is 45.2 Å². The van der Waals surface area contributed by atoms with Crippen LogP contribution < -0.4 is 10.6 Å². The van der Waals surface area contributed by atoms with Crippen molar-refractivity contribution in [1.29, 1.82) is 0 Å². The van der Waals surface area contributed by atoms with Crippen LogP contribution in [0.4, 0.5) is 11.8 Å². The Morgan fingerprint density at radius 2 is 2.28 bits per heavy atom. The van der Waals surface area contributed by atoms with Gasteiger partial charge in [0.2, 0.25) is 5.95 Å². The first-order valence-electron chi connectivity index (χ1n) is 5.98. The molecule has 7 nitrogen and oxygen atoms in total. The van der Waals surface area contributed by atoms with Gasteiger partial charge in [-0.1, -0.05) is 6.92 Å². The van der Waals surface area contributed by atoms with Crippen LogP contribution in [-0.2, 0) is 0 Å². The number of aliphatic hydroxyl groups excluding tert-OH is 1. The quantitative estimate of drug-likeness (QED) is 0.606. The maximum atomic E-state index is 8.88. The largest absolute Gasteiger partial charge is 0.396 e. The van der Waals surface area contributed by atoms with Crippen molar-refractivity contribution in [3.05, 3.63) is 6.33 Å². The number of nitrogens with zero attached hydrogens (tertiary/aromatic N) is 3. The van der Waals surface area contributed by atoms with Gasteiger partial charge in [0.15, 0.2) is 11.5 Å². The third-order valence-electron chi connectivity index (χ3n) is 2.75. The molecule has 0 spiro atoms. The molecule has 0 radical (unpaired) electrons. The monoisotopic (exact) mass is 250 g/mol. The summed E-state index contributed by atoms with van der Waals surface area (Å²) >= 11 is 0. The normalized spacial score (nSPS) is 12.6. The minimum absolute atomic E-state index is 0.202. The highest BCUT2D eigenvalue weighted by molar-refractivity contribution is 5.83. The van der Waals surface area contributed by atoms with Crippen LogP contribution in [0.15, 0.2) is 6.33 Å². The number of fused-ring (bicyclic) bond motifs is 1. The van der Waals surface area contributed by atoms with Gasteiger partial charge in [0.25, 0.3) is 0 Å². The highest BCUT2D eigenvalue weighted by Crippen LogP contribution is 2.18. The molecule has 18 heavy (non-hydrogen) atoms. The van der Waals surface area contributed by atoms with E-state index in [9.17, 15) is 0 Å². The number of imidazole rings is 1. The summed E-state index contributed by atoms with van der Waals surface area (Å²) in [4.78, 5) is 15.7. The summed E-state index contributed by atoms with van der Waals surface area (Å²) in [7, 11) is 1.77. The first kappa shape index (κ1) is 12.6. The number of nitrogens with one attached hydrogen (secondary N) is 3. The van der Waals surface area contributed by atoms with Gasteiger partial charge < -0.3 is 20.7 Å². The van der Waals surface area contributed by atoms with Crippen molar-refractivity contribution in [2.45, 2.75) is 13.3 Å². The summed E-state index contributed by atoms with van der Waals surface area (Å²) in [5.41, 5.74) is 1.43. The number of hydrogen-bond acceptors (Lipinski definition) is 6. The number of aromatic amines is 1. The fraction of sp³-hybridized carbons (Fsp3) is 0.545. The van der Waals surface area contributed by atoms with Gasteiger partial charge in [0, 0.05) is 20.2 Å². The molecule has 4 N–H and O–H groups in total. The lowest BCUT2D eigenvalue weighted by atomic mass is 10.1. The molecule has 7 heteroatoms. The molecule has 0 aliphatic heterocycles. The zero-order valence-corrected chi connectivity index (χ0v) is 10.6. The van der Waals surface area contributed by atoms with E-state index < -0.39 is 0 Å². The summed E-state index contributed by atoms with van der Waals surface area (Å²) in [6, 6.07) is 0. The van der Waals surface area contributed by atoms with Gasteiger partial charge in [0.05, 0.1) is 6.33 Å². The second kappa shape index (κ2) is 5.63. The molecule has 0 fully saturated rings. The van der Waals surface area contributed by atoms with E-state index in [0.29, 0.717) is 17.5 Å². The molecule has 2 aromatic rings. The Morgan fingerprint density at radius 3 is 3.00 bits per heavy atom. The predicted molar refractivity (Wildman–Crippen MR) is 70.6 cm³/mol. The first-order chi connectivity index (χ1) is 8.74. The molecular weight excluding hydrogens is 232 g/mol. The van der Waals surface area contributed by atoms with Crippen LogP contribution in [0.2, 0.25) is 0 Å². The van der Waals surface area contributed by atoms with Crippen molar-refractivity contribution < 1.29 is 5.11 Å². The Hall–Kier alpha value is -1.89. The number of anilines is 2. The fourth-order valence-electron chi connectivity index (χ4n) is 1.67. The molecule has 0 saturated carbocycles. The third kappa shape index (κ3) is 2.67. The van der Waals surface area contributed by atoms with Gasteiger partial charge in [-0.15, -0.1) is 0 Å². The molecule has 0 aromatic carbocycles. The Balaban J connectivity index is 2.18.